The predicted molar refractivity (Wildman–Crippen MR) is 91.3 cm³/mol. The fourth-order valence-corrected chi connectivity index (χ4v) is 3.24. The van der Waals surface area contributed by atoms with Gasteiger partial charge in [0.05, 0.1) is 13.5 Å². The largest absolute Gasteiger partial charge is 0.469 e. The Labute approximate surface area is 146 Å². The molecule has 1 atom stereocenters. The van der Waals surface area contributed by atoms with Gasteiger partial charge in [-0.2, -0.15) is 0 Å². The molecule has 1 aromatic rings. The van der Waals surface area contributed by atoms with Crippen molar-refractivity contribution in [2.75, 3.05) is 26.7 Å². The number of halogens is 1. The van der Waals surface area contributed by atoms with Crippen LogP contribution in [0.3, 0.4) is 0 Å². The minimum atomic E-state index is -0.865. The molecule has 0 radical (unpaired) electrons. The highest BCUT2D eigenvalue weighted by Crippen LogP contribution is 2.21. The maximum atomic E-state index is 11.6. The summed E-state index contributed by atoms with van der Waals surface area (Å²) < 4.78 is 4.75. The summed E-state index contributed by atoms with van der Waals surface area (Å²) in [4.78, 5) is 26.6. The zero-order valence-electron chi connectivity index (χ0n) is 14.0. The molecule has 1 aromatic carbocycles. The van der Waals surface area contributed by atoms with Crippen molar-refractivity contribution >= 4 is 23.7 Å². The summed E-state index contributed by atoms with van der Waals surface area (Å²) in [6.07, 6.45) is 0.110. The molecule has 1 N–H and O–H groups in total. The number of rotatable bonds is 5. The van der Waals surface area contributed by atoms with E-state index >= 15 is 0 Å². The quantitative estimate of drug-likeness (QED) is 0.823. The third-order valence-electron chi connectivity index (χ3n) is 4.41. The summed E-state index contributed by atoms with van der Waals surface area (Å²) in [5, 5.41) is 9.88. The van der Waals surface area contributed by atoms with E-state index in [1.807, 2.05) is 19.1 Å². The first-order chi connectivity index (χ1) is 11.4. The summed E-state index contributed by atoms with van der Waals surface area (Å²) >= 11 is 6.10. The van der Waals surface area contributed by atoms with Crippen molar-refractivity contribution in [1.29, 1.82) is 0 Å². The maximum absolute atomic E-state index is 11.6. The molecule has 1 amide bonds. The monoisotopic (exact) mass is 354 g/mol. The van der Waals surface area contributed by atoms with Crippen molar-refractivity contribution in [3.8, 4) is 0 Å². The van der Waals surface area contributed by atoms with Crippen molar-refractivity contribution < 1.29 is 19.4 Å². The second-order valence-corrected chi connectivity index (χ2v) is 6.38. The Hall–Kier alpha value is -1.79. The van der Waals surface area contributed by atoms with Gasteiger partial charge in [-0.25, -0.2) is 4.79 Å². The van der Waals surface area contributed by atoms with Crippen LogP contribution in [0.4, 0.5) is 4.79 Å². The lowest BCUT2D eigenvalue weighted by Gasteiger charge is -2.39. The molecule has 0 saturated carbocycles. The molecular formula is C17H23ClN2O4. The van der Waals surface area contributed by atoms with Gasteiger partial charge in [0.1, 0.15) is 0 Å². The third kappa shape index (κ3) is 4.61. The maximum Gasteiger partial charge on any atom is 0.407 e. The Morgan fingerprint density at radius 3 is 2.71 bits per heavy atom. The molecule has 6 nitrogen and oxygen atoms in total. The molecular weight excluding hydrogens is 332 g/mol. The number of carbonyl (C=O) groups is 2. The highest BCUT2D eigenvalue weighted by Gasteiger charge is 2.29. The number of carboxylic acid groups (broad SMARTS) is 1. The zero-order chi connectivity index (χ0) is 17.7. The van der Waals surface area contributed by atoms with Crippen LogP contribution in [0.15, 0.2) is 18.2 Å². The number of amides is 1. The highest BCUT2D eigenvalue weighted by atomic mass is 35.5. The predicted octanol–water partition coefficient (Wildman–Crippen LogP) is 2.63. The Kier molecular flexibility index (Phi) is 6.45. The molecule has 1 fully saturated rings. The summed E-state index contributed by atoms with van der Waals surface area (Å²) in [5.41, 5.74) is 1.87. The molecule has 0 bridgehead atoms. The molecule has 0 aliphatic carbocycles. The van der Waals surface area contributed by atoms with E-state index in [4.69, 9.17) is 16.3 Å². The highest BCUT2D eigenvalue weighted by molar-refractivity contribution is 6.30. The summed E-state index contributed by atoms with van der Waals surface area (Å²) in [6, 6.07) is 5.46. The molecule has 1 aliphatic heterocycles. The molecule has 1 heterocycles. The second kappa shape index (κ2) is 8.35. The Balaban J connectivity index is 2.11. The van der Waals surface area contributed by atoms with Gasteiger partial charge in [0.2, 0.25) is 0 Å². The number of methoxy groups -OCH3 is 1. The molecule has 132 valence electrons. The van der Waals surface area contributed by atoms with Gasteiger partial charge < -0.3 is 14.7 Å². The van der Waals surface area contributed by atoms with Crippen LogP contribution in [0.5, 0.6) is 0 Å². The first kappa shape index (κ1) is 18.5. The smallest absolute Gasteiger partial charge is 0.407 e. The Morgan fingerprint density at radius 1 is 1.33 bits per heavy atom. The van der Waals surface area contributed by atoms with Gasteiger partial charge in [0.15, 0.2) is 0 Å². The summed E-state index contributed by atoms with van der Waals surface area (Å²) in [5.74, 6) is -0.291. The average Bonchev–Trinajstić information content (AvgIpc) is 2.56. The number of piperazine rings is 1. The molecule has 1 aliphatic rings. The third-order valence-corrected chi connectivity index (χ3v) is 4.64. The van der Waals surface area contributed by atoms with Gasteiger partial charge in [-0.15, -0.1) is 0 Å². The van der Waals surface area contributed by atoms with Crippen LogP contribution >= 0.6 is 11.6 Å². The first-order valence-electron chi connectivity index (χ1n) is 8.00. The van der Waals surface area contributed by atoms with E-state index in [1.165, 1.54) is 12.0 Å². The van der Waals surface area contributed by atoms with Crippen LogP contribution in [0, 0.1) is 0 Å². The molecule has 7 heteroatoms. The molecule has 0 aromatic heterocycles. The minimum absolute atomic E-state index is 0.0144. The van der Waals surface area contributed by atoms with Gasteiger partial charge in [0.25, 0.3) is 0 Å². The number of esters is 1. The molecule has 24 heavy (non-hydrogen) atoms. The number of benzene rings is 1. The van der Waals surface area contributed by atoms with Gasteiger partial charge in [0, 0.05) is 37.2 Å². The SMILES string of the molecule is CC[C@H]1CN(Cc2cc(Cl)ccc2CC(=O)OC)CCN1C(=O)O. The van der Waals surface area contributed by atoms with Gasteiger partial charge in [-0.3, -0.25) is 9.69 Å². The molecule has 1 saturated heterocycles. The van der Waals surface area contributed by atoms with Crippen molar-refractivity contribution in [1.82, 2.24) is 9.80 Å². The van der Waals surface area contributed by atoms with Gasteiger partial charge in [-0.05, 0) is 29.7 Å². The lowest BCUT2D eigenvalue weighted by Crippen LogP contribution is -2.54. The van der Waals surface area contributed by atoms with Crippen LogP contribution in [0.1, 0.15) is 24.5 Å². The van der Waals surface area contributed by atoms with Crippen molar-refractivity contribution in [3.63, 3.8) is 0 Å². The number of carbonyl (C=O) groups excluding carboxylic acids is 1. The van der Waals surface area contributed by atoms with Crippen molar-refractivity contribution in [2.24, 2.45) is 0 Å². The summed E-state index contributed by atoms with van der Waals surface area (Å²) in [6.45, 7) is 4.45. The van der Waals surface area contributed by atoms with E-state index in [0.29, 0.717) is 31.2 Å². The van der Waals surface area contributed by atoms with Crippen LogP contribution in [-0.4, -0.2) is 59.8 Å². The number of hydrogen-bond acceptors (Lipinski definition) is 4. The molecule has 0 unspecified atom stereocenters. The fourth-order valence-electron chi connectivity index (χ4n) is 3.05. The standard InChI is InChI=1S/C17H23ClN2O4/c1-3-15-11-19(6-7-20(15)17(22)23)10-13-8-14(18)5-4-12(13)9-16(21)24-2/h4-5,8,15H,3,6-7,9-11H2,1-2H3,(H,22,23)/t15-/m0/s1. The number of nitrogens with zero attached hydrogens (tertiary/aromatic N) is 2. The van der Waals surface area contributed by atoms with E-state index < -0.39 is 6.09 Å². The first-order valence-corrected chi connectivity index (χ1v) is 8.38. The van der Waals surface area contributed by atoms with E-state index in [1.54, 1.807) is 6.07 Å². The van der Waals surface area contributed by atoms with E-state index in [0.717, 1.165) is 17.5 Å². The second-order valence-electron chi connectivity index (χ2n) is 5.94. The van der Waals surface area contributed by atoms with Crippen molar-refractivity contribution in [3.05, 3.63) is 34.3 Å². The minimum Gasteiger partial charge on any atom is -0.469 e. The van der Waals surface area contributed by atoms with Gasteiger partial charge in [-0.1, -0.05) is 24.6 Å². The van der Waals surface area contributed by atoms with Crippen LogP contribution < -0.4 is 0 Å². The zero-order valence-corrected chi connectivity index (χ0v) is 14.8. The van der Waals surface area contributed by atoms with Crippen LogP contribution in [0.2, 0.25) is 5.02 Å². The summed E-state index contributed by atoms with van der Waals surface area (Å²) in [7, 11) is 1.37. The van der Waals surface area contributed by atoms with Gasteiger partial charge >= 0.3 is 12.1 Å². The number of hydrogen-bond donors (Lipinski definition) is 1. The average molecular weight is 355 g/mol. The van der Waals surface area contributed by atoms with Crippen LogP contribution in [0.25, 0.3) is 0 Å². The number of ether oxygens (including phenoxy) is 1. The van der Waals surface area contributed by atoms with Crippen molar-refractivity contribution in [2.45, 2.75) is 32.4 Å². The molecule has 0 spiro atoms. The Morgan fingerprint density at radius 2 is 2.08 bits per heavy atom. The lowest BCUT2D eigenvalue weighted by molar-refractivity contribution is -0.139. The van der Waals surface area contributed by atoms with E-state index in [2.05, 4.69) is 4.90 Å². The normalized spacial score (nSPS) is 18.5. The van der Waals surface area contributed by atoms with Crippen LogP contribution in [-0.2, 0) is 22.5 Å². The molecule has 2 rings (SSSR count). The lowest BCUT2D eigenvalue weighted by atomic mass is 10.0. The van der Waals surface area contributed by atoms with E-state index in [-0.39, 0.29) is 18.4 Å². The fraction of sp³-hybridized carbons (Fsp3) is 0.529. The topological polar surface area (TPSA) is 70.1 Å². The Bertz CT molecular complexity index is 608. The van der Waals surface area contributed by atoms with E-state index in [9.17, 15) is 14.7 Å².